The van der Waals surface area contributed by atoms with E-state index in [2.05, 4.69) is 26.8 Å². The van der Waals surface area contributed by atoms with Crippen LogP contribution >= 0.6 is 0 Å². The van der Waals surface area contributed by atoms with E-state index >= 15 is 0 Å². The third-order valence-electron chi connectivity index (χ3n) is 5.29. The lowest BCUT2D eigenvalue weighted by molar-refractivity contribution is 0.418. The molecule has 0 heterocycles. The molecule has 0 aliphatic rings. The van der Waals surface area contributed by atoms with Crippen molar-refractivity contribution < 1.29 is 5.11 Å². The van der Waals surface area contributed by atoms with Gasteiger partial charge in [-0.15, -0.1) is 0 Å². The molecule has 0 spiro atoms. The highest BCUT2D eigenvalue weighted by Crippen LogP contribution is 2.26. The van der Waals surface area contributed by atoms with Crippen LogP contribution < -0.4 is 0 Å². The lowest BCUT2D eigenvalue weighted by atomic mass is 9.90. The predicted octanol–water partition coefficient (Wildman–Crippen LogP) is 7.58. The number of aromatic hydroxyl groups is 1. The average molecular weight is 333 g/mol. The van der Waals surface area contributed by atoms with Crippen LogP contribution in [-0.4, -0.2) is 5.11 Å². The molecule has 0 aliphatic heterocycles. The van der Waals surface area contributed by atoms with E-state index in [9.17, 15) is 5.11 Å². The number of phenolic OH excluding ortho intramolecular Hbond substituents is 1. The second-order valence-electron chi connectivity index (χ2n) is 7.58. The summed E-state index contributed by atoms with van der Waals surface area (Å²) in [5.41, 5.74) is 2.38. The Morgan fingerprint density at radius 2 is 1.42 bits per heavy atom. The first kappa shape index (κ1) is 21.1. The third kappa shape index (κ3) is 9.35. The molecule has 0 fully saturated rings. The number of phenols is 1. The zero-order chi connectivity index (χ0) is 17.6. The minimum absolute atomic E-state index is 0.474. The molecular weight excluding hydrogens is 292 g/mol. The minimum Gasteiger partial charge on any atom is -0.508 e. The fraction of sp³-hybridized carbons (Fsp3) is 0.739. The first-order valence-corrected chi connectivity index (χ1v) is 10.5. The van der Waals surface area contributed by atoms with E-state index in [4.69, 9.17) is 0 Å². The summed E-state index contributed by atoms with van der Waals surface area (Å²) in [7, 11) is 0. The van der Waals surface area contributed by atoms with Gasteiger partial charge in [-0.05, 0) is 30.9 Å². The SMILES string of the molecule is CCCCCCCCCCCCC(CC)Cc1cc(C)ccc1O. The van der Waals surface area contributed by atoms with E-state index in [1.165, 1.54) is 82.6 Å². The molecule has 0 saturated carbocycles. The van der Waals surface area contributed by atoms with Crippen LogP contribution in [0.5, 0.6) is 5.75 Å². The monoisotopic (exact) mass is 332 g/mol. The smallest absolute Gasteiger partial charge is 0.118 e. The second-order valence-corrected chi connectivity index (χ2v) is 7.58. The van der Waals surface area contributed by atoms with E-state index in [-0.39, 0.29) is 0 Å². The number of unbranched alkanes of at least 4 members (excludes halogenated alkanes) is 9. The molecule has 0 radical (unpaired) electrons. The molecule has 0 amide bonds. The van der Waals surface area contributed by atoms with E-state index in [1.807, 2.05) is 12.1 Å². The molecule has 1 unspecified atom stereocenters. The maximum atomic E-state index is 10.0. The van der Waals surface area contributed by atoms with E-state index in [1.54, 1.807) is 0 Å². The van der Waals surface area contributed by atoms with Crippen LogP contribution in [0.2, 0.25) is 0 Å². The molecule has 1 atom stereocenters. The Morgan fingerprint density at radius 1 is 0.833 bits per heavy atom. The Bertz CT molecular complexity index is 424. The molecular formula is C23H40O. The van der Waals surface area contributed by atoms with Gasteiger partial charge in [0.25, 0.3) is 0 Å². The number of benzene rings is 1. The molecule has 138 valence electrons. The van der Waals surface area contributed by atoms with Crippen LogP contribution in [-0.2, 0) is 6.42 Å². The van der Waals surface area contributed by atoms with Crippen molar-refractivity contribution >= 4 is 0 Å². The summed E-state index contributed by atoms with van der Waals surface area (Å²) in [6.07, 6.45) is 17.6. The topological polar surface area (TPSA) is 20.2 Å². The van der Waals surface area contributed by atoms with Crippen molar-refractivity contribution in [3.8, 4) is 5.75 Å². The molecule has 1 aromatic rings. The maximum Gasteiger partial charge on any atom is 0.118 e. The zero-order valence-corrected chi connectivity index (χ0v) is 16.4. The lowest BCUT2D eigenvalue weighted by Gasteiger charge is -2.16. The summed E-state index contributed by atoms with van der Waals surface area (Å²) in [4.78, 5) is 0. The molecule has 1 rings (SSSR count). The van der Waals surface area contributed by atoms with Gasteiger partial charge >= 0.3 is 0 Å². The summed E-state index contributed by atoms with van der Waals surface area (Å²) in [6, 6.07) is 5.98. The number of hydrogen-bond donors (Lipinski definition) is 1. The van der Waals surface area contributed by atoms with Crippen LogP contribution in [0.25, 0.3) is 0 Å². The Kier molecular flexibility index (Phi) is 11.7. The van der Waals surface area contributed by atoms with Crippen molar-refractivity contribution in [1.29, 1.82) is 0 Å². The average Bonchev–Trinajstić information content (AvgIpc) is 2.58. The van der Waals surface area contributed by atoms with E-state index in [0.29, 0.717) is 11.7 Å². The molecule has 24 heavy (non-hydrogen) atoms. The molecule has 0 aromatic heterocycles. The summed E-state index contributed by atoms with van der Waals surface area (Å²) < 4.78 is 0. The largest absolute Gasteiger partial charge is 0.508 e. The molecule has 0 saturated heterocycles. The number of rotatable bonds is 14. The van der Waals surface area contributed by atoms with Crippen molar-refractivity contribution in [2.45, 2.75) is 104 Å². The first-order chi connectivity index (χ1) is 11.7. The highest BCUT2D eigenvalue weighted by atomic mass is 16.3. The minimum atomic E-state index is 0.474. The van der Waals surface area contributed by atoms with Crippen LogP contribution in [0.4, 0.5) is 0 Å². The van der Waals surface area contributed by atoms with Crippen molar-refractivity contribution in [3.05, 3.63) is 29.3 Å². The van der Waals surface area contributed by atoms with Gasteiger partial charge in [-0.3, -0.25) is 0 Å². The normalized spacial score (nSPS) is 12.5. The maximum absolute atomic E-state index is 10.0. The number of aryl methyl sites for hydroxylation is 1. The fourth-order valence-corrected chi connectivity index (χ4v) is 3.56. The van der Waals surface area contributed by atoms with Crippen LogP contribution in [0, 0.1) is 12.8 Å². The highest BCUT2D eigenvalue weighted by molar-refractivity contribution is 5.35. The molecule has 1 heteroatoms. The Morgan fingerprint density at radius 3 is 2.00 bits per heavy atom. The Labute approximate surface area is 150 Å². The van der Waals surface area contributed by atoms with Crippen LogP contribution in [0.3, 0.4) is 0 Å². The fourth-order valence-electron chi connectivity index (χ4n) is 3.56. The van der Waals surface area contributed by atoms with Crippen molar-refractivity contribution in [2.24, 2.45) is 5.92 Å². The van der Waals surface area contributed by atoms with Crippen molar-refractivity contribution in [2.75, 3.05) is 0 Å². The molecule has 1 N–H and O–H groups in total. The predicted molar refractivity (Wildman–Crippen MR) is 107 cm³/mol. The number of hydrogen-bond acceptors (Lipinski definition) is 1. The van der Waals surface area contributed by atoms with Gasteiger partial charge in [0.1, 0.15) is 5.75 Å². The van der Waals surface area contributed by atoms with Crippen LogP contribution in [0.15, 0.2) is 18.2 Å². The molecule has 0 bridgehead atoms. The molecule has 1 aromatic carbocycles. The van der Waals surface area contributed by atoms with Crippen molar-refractivity contribution in [1.82, 2.24) is 0 Å². The second kappa shape index (κ2) is 13.3. The quantitative estimate of drug-likeness (QED) is 0.348. The molecule has 0 aliphatic carbocycles. The standard InChI is InChI=1S/C23H40O/c1-4-6-7-8-9-10-11-12-13-14-15-21(5-2)19-22-18-20(3)16-17-23(22)24/h16-18,21,24H,4-15,19H2,1-3H3. The summed E-state index contributed by atoms with van der Waals surface area (Å²) >= 11 is 0. The van der Waals surface area contributed by atoms with Gasteiger partial charge in [0, 0.05) is 0 Å². The van der Waals surface area contributed by atoms with E-state index in [0.717, 1.165) is 12.0 Å². The van der Waals surface area contributed by atoms with Gasteiger partial charge in [0.15, 0.2) is 0 Å². The summed E-state index contributed by atoms with van der Waals surface area (Å²) in [5, 5.41) is 10.0. The zero-order valence-electron chi connectivity index (χ0n) is 16.4. The van der Waals surface area contributed by atoms with Gasteiger partial charge < -0.3 is 5.11 Å². The summed E-state index contributed by atoms with van der Waals surface area (Å²) in [5.74, 6) is 1.19. The first-order valence-electron chi connectivity index (χ1n) is 10.5. The van der Waals surface area contributed by atoms with E-state index < -0.39 is 0 Å². The van der Waals surface area contributed by atoms with Gasteiger partial charge in [-0.2, -0.15) is 0 Å². The van der Waals surface area contributed by atoms with Gasteiger partial charge in [-0.25, -0.2) is 0 Å². The lowest BCUT2D eigenvalue weighted by Crippen LogP contribution is -2.04. The van der Waals surface area contributed by atoms with Crippen molar-refractivity contribution in [3.63, 3.8) is 0 Å². The Hall–Kier alpha value is -0.980. The molecule has 1 nitrogen and oxygen atoms in total. The van der Waals surface area contributed by atoms with Gasteiger partial charge in [0.05, 0.1) is 0 Å². The van der Waals surface area contributed by atoms with Crippen LogP contribution in [0.1, 0.15) is 102 Å². The highest BCUT2D eigenvalue weighted by Gasteiger charge is 2.10. The van der Waals surface area contributed by atoms with Gasteiger partial charge in [-0.1, -0.05) is 109 Å². The third-order valence-corrected chi connectivity index (χ3v) is 5.29. The summed E-state index contributed by atoms with van der Waals surface area (Å²) in [6.45, 7) is 6.67. The Balaban J connectivity index is 2.11. The van der Waals surface area contributed by atoms with Gasteiger partial charge in [0.2, 0.25) is 0 Å².